The van der Waals surface area contributed by atoms with Crippen molar-refractivity contribution in [3.63, 3.8) is 0 Å². The monoisotopic (exact) mass is 496 g/mol. The summed E-state index contributed by atoms with van der Waals surface area (Å²) in [6.45, 7) is 8.62. The highest BCUT2D eigenvalue weighted by molar-refractivity contribution is 6.04. The number of benzene rings is 1. The third-order valence-electron chi connectivity index (χ3n) is 5.94. The van der Waals surface area contributed by atoms with Crippen LogP contribution in [0.3, 0.4) is 0 Å². The zero-order valence-electron chi connectivity index (χ0n) is 20.2. The minimum atomic E-state index is -3.41. The number of hydrogen-bond acceptors (Lipinski definition) is 7. The molecule has 0 radical (unpaired) electrons. The van der Waals surface area contributed by atoms with Gasteiger partial charge in [-0.3, -0.25) is 9.59 Å². The van der Waals surface area contributed by atoms with Gasteiger partial charge in [-0.15, -0.1) is 5.10 Å². The summed E-state index contributed by atoms with van der Waals surface area (Å²) in [4.78, 5) is 27.5. The average molecular weight is 497 g/mol. The highest BCUT2D eigenvalue weighted by Crippen LogP contribution is 2.33. The van der Waals surface area contributed by atoms with Crippen LogP contribution in [-0.4, -0.2) is 52.2 Å². The molecule has 0 saturated carbocycles. The molecule has 36 heavy (non-hydrogen) atoms. The van der Waals surface area contributed by atoms with E-state index >= 15 is 0 Å². The molecule has 1 fully saturated rings. The van der Waals surface area contributed by atoms with Gasteiger partial charge in [0.15, 0.2) is 0 Å². The van der Waals surface area contributed by atoms with Crippen molar-refractivity contribution in [3.8, 4) is 11.3 Å². The van der Waals surface area contributed by atoms with Crippen LogP contribution in [0.25, 0.3) is 11.3 Å². The number of nitrogens with zero attached hydrogens (tertiary/aromatic N) is 5. The number of alkyl halides is 2. The van der Waals surface area contributed by atoms with E-state index in [0.717, 1.165) is 17.8 Å². The molecule has 9 nitrogen and oxygen atoms in total. The topological polar surface area (TPSA) is 102 Å². The summed E-state index contributed by atoms with van der Waals surface area (Å²) in [6, 6.07) is 7.95. The highest BCUT2D eigenvalue weighted by atomic mass is 19.3. The molecule has 1 amide bonds. The van der Waals surface area contributed by atoms with Crippen molar-refractivity contribution in [1.29, 1.82) is 0 Å². The number of aromatic nitrogens is 4. The fraction of sp³-hybridized carbons (Fsp3) is 0.320. The quantitative estimate of drug-likeness (QED) is 0.523. The lowest BCUT2D eigenvalue weighted by molar-refractivity contribution is 0.0327. The van der Waals surface area contributed by atoms with Crippen LogP contribution in [0.2, 0.25) is 0 Å². The Morgan fingerprint density at radius 3 is 2.61 bits per heavy atom. The molecule has 2 aromatic heterocycles. The van der Waals surface area contributed by atoms with Gasteiger partial charge in [0, 0.05) is 31.4 Å². The van der Waals surface area contributed by atoms with E-state index in [1.54, 1.807) is 31.3 Å². The molecule has 3 aromatic rings. The number of amides is 1. The molecule has 11 heteroatoms. The lowest BCUT2D eigenvalue weighted by atomic mass is 10.0. The Kier molecular flexibility index (Phi) is 6.93. The molecule has 0 unspecified atom stereocenters. The average Bonchev–Trinajstić information content (AvgIpc) is 2.87. The summed E-state index contributed by atoms with van der Waals surface area (Å²) in [5.41, 5.74) is 1.74. The first-order valence-corrected chi connectivity index (χ1v) is 11.3. The Balaban J connectivity index is 1.64. The smallest absolute Gasteiger partial charge is 0.312 e. The number of hydrogen-bond donors (Lipinski definition) is 1. The highest BCUT2D eigenvalue weighted by Gasteiger charge is 2.35. The van der Waals surface area contributed by atoms with E-state index in [4.69, 9.17) is 4.74 Å². The summed E-state index contributed by atoms with van der Waals surface area (Å²) < 4.78 is 35.3. The SMILES string of the molecule is C=C(C)C(F)(F)c1cc(C(=O)Nc2ccc(C)c(-c3cc(N4CCOCC4)c(=O)n(C)n3)c2)cnn1. The molecule has 0 spiro atoms. The molecule has 0 aliphatic carbocycles. The summed E-state index contributed by atoms with van der Waals surface area (Å²) in [6.07, 6.45) is 1.12. The first-order valence-electron chi connectivity index (χ1n) is 11.3. The fourth-order valence-electron chi connectivity index (χ4n) is 3.80. The number of nitrogens with one attached hydrogen (secondary N) is 1. The summed E-state index contributed by atoms with van der Waals surface area (Å²) in [5.74, 6) is -4.03. The maximum Gasteiger partial charge on any atom is 0.312 e. The largest absolute Gasteiger partial charge is 0.378 e. The van der Waals surface area contributed by atoms with E-state index in [2.05, 4.69) is 27.2 Å². The standard InChI is InChI=1S/C25H26F2N6O3/c1-15(2)25(26,27)22-11-17(14-28-30-22)23(34)29-18-6-5-16(3)19(12-18)20-13-21(24(35)32(4)31-20)33-7-9-36-10-8-33/h5-6,11-14H,1,7-10H2,2-4H3,(H,29,34). The third-order valence-corrected chi connectivity index (χ3v) is 5.94. The van der Waals surface area contributed by atoms with Crippen molar-refractivity contribution in [2.24, 2.45) is 7.05 Å². The molecule has 3 heterocycles. The van der Waals surface area contributed by atoms with Crippen molar-refractivity contribution < 1.29 is 18.3 Å². The van der Waals surface area contributed by atoms with Crippen LogP contribution in [0.4, 0.5) is 20.2 Å². The number of aryl methyl sites for hydroxylation is 2. The maximum atomic E-state index is 14.3. The molecule has 1 aliphatic rings. The zero-order valence-corrected chi connectivity index (χ0v) is 20.2. The predicted molar refractivity (Wildman–Crippen MR) is 131 cm³/mol. The molecule has 188 valence electrons. The zero-order chi connectivity index (χ0) is 26.0. The molecule has 1 saturated heterocycles. The third kappa shape index (κ3) is 5.01. The number of anilines is 2. The van der Waals surface area contributed by atoms with Gasteiger partial charge in [0.1, 0.15) is 11.4 Å². The minimum Gasteiger partial charge on any atom is -0.378 e. The van der Waals surface area contributed by atoms with Crippen molar-refractivity contribution in [2.45, 2.75) is 19.8 Å². The molecule has 4 rings (SSSR count). The van der Waals surface area contributed by atoms with Gasteiger partial charge < -0.3 is 15.0 Å². The number of carbonyl (C=O) groups excluding carboxylic acids is 1. The fourth-order valence-corrected chi connectivity index (χ4v) is 3.80. The van der Waals surface area contributed by atoms with Crippen molar-refractivity contribution in [3.05, 3.63) is 75.9 Å². The van der Waals surface area contributed by atoms with E-state index in [1.165, 1.54) is 11.6 Å². The van der Waals surface area contributed by atoms with Gasteiger partial charge in [0.2, 0.25) is 0 Å². The van der Waals surface area contributed by atoms with E-state index in [0.29, 0.717) is 48.9 Å². The number of carbonyl (C=O) groups is 1. The van der Waals surface area contributed by atoms with Crippen LogP contribution in [-0.2, 0) is 17.7 Å². The van der Waals surface area contributed by atoms with Gasteiger partial charge in [0.25, 0.3) is 11.5 Å². The van der Waals surface area contributed by atoms with Gasteiger partial charge in [-0.1, -0.05) is 12.6 Å². The maximum absolute atomic E-state index is 14.3. The van der Waals surface area contributed by atoms with E-state index < -0.39 is 23.1 Å². The van der Waals surface area contributed by atoms with Gasteiger partial charge >= 0.3 is 5.92 Å². The van der Waals surface area contributed by atoms with Gasteiger partial charge in [0.05, 0.1) is 30.7 Å². The lowest BCUT2D eigenvalue weighted by Crippen LogP contribution is -2.40. The molecule has 1 aromatic carbocycles. The molecule has 1 aliphatic heterocycles. The number of allylic oxidation sites excluding steroid dienone is 1. The Labute approximate surface area is 206 Å². The van der Waals surface area contributed by atoms with Gasteiger partial charge in [-0.05, 0) is 49.2 Å². The second-order valence-corrected chi connectivity index (χ2v) is 8.61. The Bertz CT molecular complexity index is 1380. The molecule has 0 atom stereocenters. The minimum absolute atomic E-state index is 0.0714. The van der Waals surface area contributed by atoms with Crippen molar-refractivity contribution >= 4 is 17.3 Å². The Hall–Kier alpha value is -3.99. The van der Waals surface area contributed by atoms with Crippen LogP contribution < -0.4 is 15.8 Å². The van der Waals surface area contributed by atoms with E-state index in [9.17, 15) is 18.4 Å². The Morgan fingerprint density at radius 1 is 1.19 bits per heavy atom. The number of halogens is 2. The predicted octanol–water partition coefficient (Wildman–Crippen LogP) is 3.30. The summed E-state index contributed by atoms with van der Waals surface area (Å²) in [7, 11) is 1.59. The number of ether oxygens (including phenoxy) is 1. The van der Waals surface area contributed by atoms with E-state index in [1.807, 2.05) is 11.8 Å². The van der Waals surface area contributed by atoms with Crippen LogP contribution in [0.5, 0.6) is 0 Å². The molecule has 1 N–H and O–H groups in total. The summed E-state index contributed by atoms with van der Waals surface area (Å²) in [5, 5.41) is 14.1. The first kappa shape index (κ1) is 25.1. The van der Waals surface area contributed by atoms with Crippen LogP contribution in [0.1, 0.15) is 28.5 Å². The van der Waals surface area contributed by atoms with Crippen molar-refractivity contribution in [1.82, 2.24) is 20.0 Å². The summed E-state index contributed by atoms with van der Waals surface area (Å²) >= 11 is 0. The second kappa shape index (κ2) is 9.94. The van der Waals surface area contributed by atoms with E-state index in [-0.39, 0.29) is 11.1 Å². The van der Waals surface area contributed by atoms with Crippen LogP contribution >= 0.6 is 0 Å². The van der Waals surface area contributed by atoms with Crippen molar-refractivity contribution in [2.75, 3.05) is 36.5 Å². The number of rotatable bonds is 6. The normalized spacial score (nSPS) is 14.0. The number of morpholine rings is 1. The van der Waals surface area contributed by atoms with Crippen LogP contribution in [0, 0.1) is 6.92 Å². The second-order valence-electron chi connectivity index (χ2n) is 8.61. The lowest BCUT2D eigenvalue weighted by Gasteiger charge is -2.28. The van der Waals surface area contributed by atoms with Gasteiger partial charge in [-0.25, -0.2) is 4.68 Å². The molecular formula is C25H26F2N6O3. The van der Waals surface area contributed by atoms with Crippen LogP contribution in [0.15, 0.2) is 53.5 Å². The van der Waals surface area contributed by atoms with Gasteiger partial charge in [-0.2, -0.15) is 19.0 Å². The first-order chi connectivity index (χ1) is 17.1. The molecular weight excluding hydrogens is 470 g/mol. The molecule has 0 bridgehead atoms. The Morgan fingerprint density at radius 2 is 1.92 bits per heavy atom.